The van der Waals surface area contributed by atoms with E-state index in [1.807, 2.05) is 17.0 Å². The van der Waals surface area contributed by atoms with Gasteiger partial charge < -0.3 is 19.5 Å². The van der Waals surface area contributed by atoms with Crippen molar-refractivity contribution in [3.05, 3.63) is 23.8 Å². The van der Waals surface area contributed by atoms with E-state index in [4.69, 9.17) is 14.6 Å². The van der Waals surface area contributed by atoms with Crippen molar-refractivity contribution in [2.45, 2.75) is 45.4 Å². The fourth-order valence-corrected chi connectivity index (χ4v) is 3.67. The number of carbonyl (C=O) groups is 2. The first-order valence-corrected chi connectivity index (χ1v) is 8.83. The van der Waals surface area contributed by atoms with Crippen molar-refractivity contribution in [3.63, 3.8) is 0 Å². The highest BCUT2D eigenvalue weighted by Crippen LogP contribution is 2.37. The molecule has 0 saturated carbocycles. The number of carboxylic acids is 1. The third-order valence-electron chi connectivity index (χ3n) is 5.00. The Balaban J connectivity index is 1.58. The molecule has 0 radical (unpaired) electrons. The molecule has 1 N–H and O–H groups in total. The molecular formula is C19H25NO5. The number of unbranched alkanes of at least 4 members (excludes halogenated alkanes) is 1. The number of ether oxygens (including phenoxy) is 2. The van der Waals surface area contributed by atoms with Gasteiger partial charge in [0, 0.05) is 25.9 Å². The van der Waals surface area contributed by atoms with Gasteiger partial charge in [-0.1, -0.05) is 13.0 Å². The molecule has 1 atom stereocenters. The summed E-state index contributed by atoms with van der Waals surface area (Å²) >= 11 is 0. The van der Waals surface area contributed by atoms with Gasteiger partial charge in [-0.3, -0.25) is 9.59 Å². The van der Waals surface area contributed by atoms with E-state index in [2.05, 4.69) is 13.0 Å². The number of aliphatic carboxylic acids is 1. The number of nitrogens with zero attached hydrogens (tertiary/aromatic N) is 1. The van der Waals surface area contributed by atoms with Crippen LogP contribution in [0.15, 0.2) is 18.2 Å². The van der Waals surface area contributed by atoms with Gasteiger partial charge >= 0.3 is 5.97 Å². The van der Waals surface area contributed by atoms with Crippen LogP contribution in [-0.2, 0) is 16.0 Å². The molecule has 0 aromatic heterocycles. The second-order valence-electron chi connectivity index (χ2n) is 7.34. The van der Waals surface area contributed by atoms with Crippen LogP contribution >= 0.6 is 0 Å². The molecule has 1 amide bonds. The molecule has 1 saturated heterocycles. The van der Waals surface area contributed by atoms with Crippen LogP contribution in [-0.4, -0.2) is 41.8 Å². The molecule has 0 bridgehead atoms. The van der Waals surface area contributed by atoms with Gasteiger partial charge in [0.15, 0.2) is 11.5 Å². The maximum Gasteiger partial charge on any atom is 0.303 e. The van der Waals surface area contributed by atoms with Crippen LogP contribution < -0.4 is 9.47 Å². The number of amides is 1. The Hall–Kier alpha value is -2.24. The standard InChI is InChI=1S/C19H25NO5/c1-19(11-14-5-6-15-16(10-14)25-13-24-15)8-7-17(21)20(12-19)9-3-2-4-18(22)23/h5-6,10H,2-4,7-9,11-13H2,1H3,(H,22,23). The van der Waals surface area contributed by atoms with E-state index in [-0.39, 0.29) is 24.5 Å². The summed E-state index contributed by atoms with van der Waals surface area (Å²) in [6.07, 6.45) is 3.81. The van der Waals surface area contributed by atoms with Crippen molar-refractivity contribution in [1.82, 2.24) is 4.90 Å². The van der Waals surface area contributed by atoms with Gasteiger partial charge in [0.05, 0.1) is 0 Å². The van der Waals surface area contributed by atoms with E-state index < -0.39 is 5.97 Å². The second kappa shape index (κ2) is 7.33. The average Bonchev–Trinajstić information content (AvgIpc) is 3.02. The van der Waals surface area contributed by atoms with Crippen LogP contribution in [0.3, 0.4) is 0 Å². The zero-order valence-electron chi connectivity index (χ0n) is 14.6. The number of hydrogen-bond acceptors (Lipinski definition) is 4. The highest BCUT2D eigenvalue weighted by Gasteiger charge is 2.35. The number of likely N-dealkylation sites (tertiary alicyclic amines) is 1. The number of hydrogen-bond donors (Lipinski definition) is 1. The smallest absolute Gasteiger partial charge is 0.303 e. The molecule has 6 nitrogen and oxygen atoms in total. The summed E-state index contributed by atoms with van der Waals surface area (Å²) in [6.45, 7) is 3.85. The molecule has 1 unspecified atom stereocenters. The quantitative estimate of drug-likeness (QED) is 0.768. The Bertz CT molecular complexity index is 659. The minimum absolute atomic E-state index is 0.0222. The predicted molar refractivity (Wildman–Crippen MR) is 91.7 cm³/mol. The van der Waals surface area contributed by atoms with Crippen LogP contribution in [0, 0.1) is 5.41 Å². The lowest BCUT2D eigenvalue weighted by atomic mass is 9.76. The monoisotopic (exact) mass is 347 g/mol. The summed E-state index contributed by atoms with van der Waals surface area (Å²) in [4.78, 5) is 24.7. The molecule has 136 valence electrons. The van der Waals surface area contributed by atoms with Crippen molar-refractivity contribution in [3.8, 4) is 11.5 Å². The Kier molecular flexibility index (Phi) is 5.16. The topological polar surface area (TPSA) is 76.1 Å². The van der Waals surface area contributed by atoms with E-state index in [1.165, 1.54) is 5.56 Å². The lowest BCUT2D eigenvalue weighted by Crippen LogP contribution is -2.46. The number of piperidine rings is 1. The first kappa shape index (κ1) is 17.6. The van der Waals surface area contributed by atoms with E-state index in [0.29, 0.717) is 25.9 Å². The molecule has 2 aliphatic heterocycles. The molecule has 25 heavy (non-hydrogen) atoms. The minimum atomic E-state index is -0.780. The summed E-state index contributed by atoms with van der Waals surface area (Å²) in [5.74, 6) is 0.974. The summed E-state index contributed by atoms with van der Waals surface area (Å²) in [5.41, 5.74) is 1.21. The van der Waals surface area contributed by atoms with E-state index in [0.717, 1.165) is 30.8 Å². The molecule has 1 aromatic carbocycles. The highest BCUT2D eigenvalue weighted by atomic mass is 16.7. The highest BCUT2D eigenvalue weighted by molar-refractivity contribution is 5.77. The Morgan fingerprint density at radius 3 is 2.88 bits per heavy atom. The lowest BCUT2D eigenvalue weighted by Gasteiger charge is -2.40. The normalized spacial score (nSPS) is 22.3. The van der Waals surface area contributed by atoms with Crippen LogP contribution in [0.4, 0.5) is 0 Å². The zero-order valence-corrected chi connectivity index (χ0v) is 14.6. The van der Waals surface area contributed by atoms with Gasteiger partial charge in [-0.05, 0) is 48.8 Å². The Labute approximate surface area is 147 Å². The maximum atomic E-state index is 12.2. The van der Waals surface area contributed by atoms with Crippen molar-refractivity contribution < 1.29 is 24.2 Å². The van der Waals surface area contributed by atoms with Gasteiger partial charge in [0.25, 0.3) is 0 Å². The van der Waals surface area contributed by atoms with E-state index in [9.17, 15) is 9.59 Å². The third kappa shape index (κ3) is 4.44. The largest absolute Gasteiger partial charge is 0.481 e. The molecule has 0 spiro atoms. The molecule has 0 aliphatic carbocycles. The molecule has 2 heterocycles. The van der Waals surface area contributed by atoms with Crippen molar-refractivity contribution >= 4 is 11.9 Å². The maximum absolute atomic E-state index is 12.2. The molecule has 2 aliphatic rings. The number of carbonyl (C=O) groups excluding carboxylic acids is 1. The average molecular weight is 347 g/mol. The van der Waals surface area contributed by atoms with Crippen LogP contribution in [0.1, 0.15) is 44.6 Å². The van der Waals surface area contributed by atoms with Gasteiger partial charge in [-0.25, -0.2) is 0 Å². The Morgan fingerprint density at radius 1 is 1.28 bits per heavy atom. The summed E-state index contributed by atoms with van der Waals surface area (Å²) in [7, 11) is 0. The van der Waals surface area contributed by atoms with Gasteiger partial charge in [0.1, 0.15) is 0 Å². The number of carboxylic acid groups (broad SMARTS) is 1. The summed E-state index contributed by atoms with van der Waals surface area (Å²) in [5, 5.41) is 8.72. The fourth-order valence-electron chi connectivity index (χ4n) is 3.67. The van der Waals surface area contributed by atoms with Crippen molar-refractivity contribution in [2.24, 2.45) is 5.41 Å². The third-order valence-corrected chi connectivity index (χ3v) is 5.00. The number of benzene rings is 1. The van der Waals surface area contributed by atoms with Crippen LogP contribution in [0.2, 0.25) is 0 Å². The van der Waals surface area contributed by atoms with Gasteiger partial charge in [-0.2, -0.15) is 0 Å². The molecular weight excluding hydrogens is 322 g/mol. The number of rotatable bonds is 7. The zero-order chi connectivity index (χ0) is 17.9. The summed E-state index contributed by atoms with van der Waals surface area (Å²) < 4.78 is 10.8. The molecule has 1 aromatic rings. The first-order valence-electron chi connectivity index (χ1n) is 8.83. The summed E-state index contributed by atoms with van der Waals surface area (Å²) in [6, 6.07) is 6.03. The van der Waals surface area contributed by atoms with E-state index in [1.54, 1.807) is 0 Å². The van der Waals surface area contributed by atoms with Crippen LogP contribution in [0.5, 0.6) is 11.5 Å². The molecule has 1 fully saturated rings. The van der Waals surface area contributed by atoms with Gasteiger partial charge in [-0.15, -0.1) is 0 Å². The molecule has 6 heteroatoms. The van der Waals surface area contributed by atoms with Crippen molar-refractivity contribution in [2.75, 3.05) is 19.9 Å². The predicted octanol–water partition coefficient (Wildman–Crippen LogP) is 2.84. The van der Waals surface area contributed by atoms with Gasteiger partial charge in [0.2, 0.25) is 12.7 Å². The van der Waals surface area contributed by atoms with Crippen molar-refractivity contribution in [1.29, 1.82) is 0 Å². The SMILES string of the molecule is CC1(Cc2ccc3c(c2)OCO3)CCC(=O)N(CCCCC(=O)O)C1. The fraction of sp³-hybridized carbons (Fsp3) is 0.579. The second-order valence-corrected chi connectivity index (χ2v) is 7.34. The molecule has 3 rings (SSSR count). The minimum Gasteiger partial charge on any atom is -0.481 e. The first-order chi connectivity index (χ1) is 12.0. The lowest BCUT2D eigenvalue weighted by molar-refractivity contribution is -0.137. The van der Waals surface area contributed by atoms with Crippen LogP contribution in [0.25, 0.3) is 0 Å². The van der Waals surface area contributed by atoms with E-state index >= 15 is 0 Å². The number of fused-ring (bicyclic) bond motifs is 1. The Morgan fingerprint density at radius 2 is 2.08 bits per heavy atom.